The van der Waals surface area contributed by atoms with Gasteiger partial charge in [0.1, 0.15) is 11.6 Å². The van der Waals surface area contributed by atoms with Crippen molar-refractivity contribution in [1.29, 1.82) is 0 Å². The zero-order valence-corrected chi connectivity index (χ0v) is 20.1. The summed E-state index contributed by atoms with van der Waals surface area (Å²) in [5, 5.41) is 0. The Morgan fingerprint density at radius 2 is 1.71 bits per heavy atom. The molecule has 182 valence electrons. The summed E-state index contributed by atoms with van der Waals surface area (Å²) in [6.45, 7) is 6.27. The van der Waals surface area contributed by atoms with Crippen LogP contribution in [0, 0.1) is 23.4 Å². The molecule has 3 aromatic carbocycles. The van der Waals surface area contributed by atoms with Gasteiger partial charge in [-0.25, -0.2) is 13.2 Å². The Kier molecular flexibility index (Phi) is 8.12. The van der Waals surface area contributed by atoms with Crippen molar-refractivity contribution in [2.24, 2.45) is 5.92 Å². The van der Waals surface area contributed by atoms with Crippen LogP contribution in [0.2, 0.25) is 0 Å². The number of hydrogen-bond donors (Lipinski definition) is 0. The zero-order chi connectivity index (χ0) is 24.8. The van der Waals surface area contributed by atoms with Crippen LogP contribution in [0.1, 0.15) is 49.3 Å². The Labute approximate surface area is 206 Å². The predicted octanol–water partition coefficient (Wildman–Crippen LogP) is 8.71. The molecule has 1 atom stereocenters. The van der Waals surface area contributed by atoms with Crippen molar-refractivity contribution in [2.75, 3.05) is 6.61 Å². The molecule has 0 bridgehead atoms. The highest BCUT2D eigenvalue weighted by molar-refractivity contribution is 5.67. The van der Waals surface area contributed by atoms with E-state index >= 15 is 0 Å². The van der Waals surface area contributed by atoms with Crippen LogP contribution in [-0.4, -0.2) is 6.61 Å². The van der Waals surface area contributed by atoms with Crippen LogP contribution in [0.3, 0.4) is 0 Å². The SMILES string of the molecule is C=CCCOc1ccc(-c2ccc(CCc3ccc(C4=CCC(C)CC4)c(F)c3F)cc2)c(F)c1. The fraction of sp³-hybridized carbons (Fsp3) is 0.290. The van der Waals surface area contributed by atoms with Crippen molar-refractivity contribution in [3.05, 3.63) is 107 Å². The Morgan fingerprint density at radius 3 is 2.40 bits per heavy atom. The highest BCUT2D eigenvalue weighted by Gasteiger charge is 2.19. The quantitative estimate of drug-likeness (QED) is 0.222. The molecule has 4 rings (SSSR count). The molecule has 1 aliphatic carbocycles. The molecule has 3 aromatic rings. The Hall–Kier alpha value is -3.27. The van der Waals surface area contributed by atoms with Gasteiger partial charge in [0.2, 0.25) is 0 Å². The van der Waals surface area contributed by atoms with Crippen molar-refractivity contribution in [3.8, 4) is 16.9 Å². The van der Waals surface area contributed by atoms with E-state index in [-0.39, 0.29) is 5.82 Å². The summed E-state index contributed by atoms with van der Waals surface area (Å²) >= 11 is 0. The van der Waals surface area contributed by atoms with E-state index in [1.807, 2.05) is 30.3 Å². The fourth-order valence-electron chi connectivity index (χ4n) is 4.45. The maximum atomic E-state index is 14.8. The van der Waals surface area contributed by atoms with Crippen LogP contribution in [0.15, 0.2) is 73.3 Å². The van der Waals surface area contributed by atoms with Crippen molar-refractivity contribution in [2.45, 2.75) is 45.4 Å². The van der Waals surface area contributed by atoms with Gasteiger partial charge in [-0.3, -0.25) is 0 Å². The molecule has 0 heterocycles. The number of allylic oxidation sites excluding steroid dienone is 2. The molecular weight excluding hydrogens is 445 g/mol. The van der Waals surface area contributed by atoms with Crippen molar-refractivity contribution in [1.82, 2.24) is 0 Å². The van der Waals surface area contributed by atoms with E-state index in [1.165, 1.54) is 6.07 Å². The van der Waals surface area contributed by atoms with E-state index in [1.54, 1.807) is 30.3 Å². The minimum Gasteiger partial charge on any atom is -0.493 e. The molecule has 4 heteroatoms. The first-order valence-corrected chi connectivity index (χ1v) is 12.2. The van der Waals surface area contributed by atoms with E-state index in [0.717, 1.165) is 36.0 Å². The predicted molar refractivity (Wildman–Crippen MR) is 137 cm³/mol. The van der Waals surface area contributed by atoms with Crippen LogP contribution >= 0.6 is 0 Å². The number of rotatable bonds is 9. The van der Waals surface area contributed by atoms with Crippen LogP contribution < -0.4 is 4.74 Å². The van der Waals surface area contributed by atoms with Crippen molar-refractivity contribution in [3.63, 3.8) is 0 Å². The Morgan fingerprint density at radius 1 is 0.943 bits per heavy atom. The second-order valence-corrected chi connectivity index (χ2v) is 9.27. The lowest BCUT2D eigenvalue weighted by atomic mass is 9.87. The van der Waals surface area contributed by atoms with E-state index in [9.17, 15) is 13.2 Å². The molecular formula is C31H31F3O. The van der Waals surface area contributed by atoms with Gasteiger partial charge in [-0.15, -0.1) is 6.58 Å². The molecule has 0 aliphatic heterocycles. The summed E-state index contributed by atoms with van der Waals surface area (Å²) in [5.41, 5.74) is 3.89. The molecule has 0 N–H and O–H groups in total. The lowest BCUT2D eigenvalue weighted by molar-refractivity contribution is 0.323. The molecule has 0 radical (unpaired) electrons. The topological polar surface area (TPSA) is 9.23 Å². The van der Waals surface area contributed by atoms with Gasteiger partial charge in [0.15, 0.2) is 11.6 Å². The average molecular weight is 477 g/mol. The second kappa shape index (κ2) is 11.4. The number of benzene rings is 3. The highest BCUT2D eigenvalue weighted by Crippen LogP contribution is 2.33. The van der Waals surface area contributed by atoms with Crippen LogP contribution in [0.5, 0.6) is 5.75 Å². The Balaban J connectivity index is 1.41. The van der Waals surface area contributed by atoms with Crippen LogP contribution in [-0.2, 0) is 12.8 Å². The normalized spacial score (nSPS) is 15.5. The van der Waals surface area contributed by atoms with Gasteiger partial charge in [0, 0.05) is 17.2 Å². The van der Waals surface area contributed by atoms with E-state index < -0.39 is 11.6 Å². The minimum absolute atomic E-state index is 0.353. The van der Waals surface area contributed by atoms with Gasteiger partial charge < -0.3 is 4.74 Å². The van der Waals surface area contributed by atoms with Crippen molar-refractivity contribution < 1.29 is 17.9 Å². The van der Waals surface area contributed by atoms with Crippen LogP contribution in [0.4, 0.5) is 13.2 Å². The molecule has 0 saturated heterocycles. The van der Waals surface area contributed by atoms with Crippen molar-refractivity contribution >= 4 is 5.57 Å². The molecule has 0 saturated carbocycles. The van der Waals surface area contributed by atoms with Gasteiger partial charge in [-0.2, -0.15) is 0 Å². The molecule has 0 fully saturated rings. The third-order valence-electron chi connectivity index (χ3n) is 6.66. The largest absolute Gasteiger partial charge is 0.493 e. The van der Waals surface area contributed by atoms with E-state index in [4.69, 9.17) is 4.74 Å². The lowest BCUT2D eigenvalue weighted by Gasteiger charge is -2.19. The molecule has 1 unspecified atom stereocenters. The Bertz CT molecular complexity index is 1210. The summed E-state index contributed by atoms with van der Waals surface area (Å²) < 4.78 is 49.7. The molecule has 1 nitrogen and oxygen atoms in total. The summed E-state index contributed by atoms with van der Waals surface area (Å²) in [7, 11) is 0. The highest BCUT2D eigenvalue weighted by atomic mass is 19.2. The third-order valence-corrected chi connectivity index (χ3v) is 6.66. The van der Waals surface area contributed by atoms with Gasteiger partial charge in [-0.1, -0.05) is 55.5 Å². The van der Waals surface area contributed by atoms with Gasteiger partial charge >= 0.3 is 0 Å². The number of hydrogen-bond acceptors (Lipinski definition) is 1. The monoisotopic (exact) mass is 476 g/mol. The third kappa shape index (κ3) is 6.05. The summed E-state index contributed by atoms with van der Waals surface area (Å²) in [6.07, 6.45) is 8.14. The smallest absolute Gasteiger partial charge is 0.166 e. The van der Waals surface area contributed by atoms with Crippen LogP contribution in [0.25, 0.3) is 16.7 Å². The van der Waals surface area contributed by atoms with Gasteiger partial charge in [-0.05, 0) is 78.8 Å². The number of halogens is 3. The standard InChI is InChI=1S/C31H31F3O/c1-3-4-19-35-26-16-18-27(29(32)20-26)23-12-7-22(8-13-23)9-14-25-15-17-28(31(34)30(25)33)24-10-5-21(2)6-11-24/h3,7-8,10,12-13,15-18,20-21H,1,4-6,9,11,14,19H2,2H3. The molecule has 1 aliphatic rings. The maximum absolute atomic E-state index is 14.8. The lowest BCUT2D eigenvalue weighted by Crippen LogP contribution is -2.05. The summed E-state index contributed by atoms with van der Waals surface area (Å²) in [6, 6.07) is 15.8. The molecule has 0 aromatic heterocycles. The number of aryl methyl sites for hydroxylation is 2. The number of ether oxygens (including phenoxy) is 1. The first kappa shape index (κ1) is 24.8. The van der Waals surface area contributed by atoms with E-state index in [2.05, 4.69) is 13.5 Å². The first-order chi connectivity index (χ1) is 17.0. The molecule has 0 spiro atoms. The minimum atomic E-state index is -0.754. The van der Waals surface area contributed by atoms with Gasteiger partial charge in [0.25, 0.3) is 0 Å². The van der Waals surface area contributed by atoms with Gasteiger partial charge in [0.05, 0.1) is 6.61 Å². The fourth-order valence-corrected chi connectivity index (χ4v) is 4.45. The molecule has 35 heavy (non-hydrogen) atoms. The van der Waals surface area contributed by atoms with E-state index in [0.29, 0.717) is 54.2 Å². The first-order valence-electron chi connectivity index (χ1n) is 12.2. The average Bonchev–Trinajstić information content (AvgIpc) is 2.86. The maximum Gasteiger partial charge on any atom is 0.166 e. The summed E-state index contributed by atoms with van der Waals surface area (Å²) in [4.78, 5) is 0. The second-order valence-electron chi connectivity index (χ2n) is 9.27. The zero-order valence-electron chi connectivity index (χ0n) is 20.1. The molecule has 0 amide bonds. The summed E-state index contributed by atoms with van der Waals surface area (Å²) in [5.74, 6) is -0.773.